The monoisotopic (exact) mass is 270 g/mol. The van der Waals surface area contributed by atoms with E-state index in [1.807, 2.05) is 0 Å². The van der Waals surface area contributed by atoms with Gasteiger partial charge in [-0.25, -0.2) is 0 Å². The summed E-state index contributed by atoms with van der Waals surface area (Å²) in [5.74, 6) is 0.627. The molecule has 3 nitrogen and oxygen atoms in total. The van der Waals surface area contributed by atoms with E-state index in [2.05, 4.69) is 51.8 Å². The van der Waals surface area contributed by atoms with Gasteiger partial charge in [0, 0.05) is 24.7 Å². The molecular weight excluding hydrogens is 236 g/mol. The van der Waals surface area contributed by atoms with Gasteiger partial charge in [0.05, 0.1) is 6.61 Å². The third kappa shape index (κ3) is 5.05. The van der Waals surface area contributed by atoms with Crippen molar-refractivity contribution in [2.24, 2.45) is 11.3 Å². The molecule has 3 atom stereocenters. The lowest BCUT2D eigenvalue weighted by atomic mass is 9.85. The van der Waals surface area contributed by atoms with Gasteiger partial charge in [0.25, 0.3) is 0 Å². The van der Waals surface area contributed by atoms with Gasteiger partial charge in [-0.1, -0.05) is 20.8 Å². The average molecular weight is 270 g/mol. The van der Waals surface area contributed by atoms with Crippen molar-refractivity contribution in [3.8, 4) is 0 Å². The molecule has 0 amide bonds. The van der Waals surface area contributed by atoms with E-state index >= 15 is 0 Å². The van der Waals surface area contributed by atoms with Gasteiger partial charge in [0.2, 0.25) is 0 Å². The number of hydrogen-bond donors (Lipinski definition) is 2. The van der Waals surface area contributed by atoms with Crippen LogP contribution >= 0.6 is 0 Å². The first-order valence-electron chi connectivity index (χ1n) is 7.81. The Labute approximate surface area is 119 Å². The Morgan fingerprint density at radius 2 is 1.89 bits per heavy atom. The number of aliphatic hydroxyl groups is 1. The average Bonchev–Trinajstić information content (AvgIpc) is 2.66. The van der Waals surface area contributed by atoms with Crippen LogP contribution in [0, 0.1) is 11.3 Å². The summed E-state index contributed by atoms with van der Waals surface area (Å²) in [5, 5.41) is 13.2. The molecular formula is C16H34N2O. The third-order valence-electron chi connectivity index (χ3n) is 4.67. The van der Waals surface area contributed by atoms with Crippen molar-refractivity contribution in [1.29, 1.82) is 0 Å². The van der Waals surface area contributed by atoms with E-state index in [0.717, 1.165) is 19.6 Å². The SMILES string of the molecule is CCC(C)(CNC(C)(C)C)CN1CCC(C)C1CO. The van der Waals surface area contributed by atoms with Crippen molar-refractivity contribution in [2.75, 3.05) is 26.2 Å². The summed E-state index contributed by atoms with van der Waals surface area (Å²) >= 11 is 0. The third-order valence-corrected chi connectivity index (χ3v) is 4.67. The fourth-order valence-corrected chi connectivity index (χ4v) is 2.84. The lowest BCUT2D eigenvalue weighted by Crippen LogP contribution is -2.49. The lowest BCUT2D eigenvalue weighted by molar-refractivity contribution is 0.0901. The molecule has 0 spiro atoms. The minimum absolute atomic E-state index is 0.172. The van der Waals surface area contributed by atoms with Gasteiger partial charge in [0.15, 0.2) is 0 Å². The fourth-order valence-electron chi connectivity index (χ4n) is 2.84. The van der Waals surface area contributed by atoms with E-state index in [0.29, 0.717) is 18.6 Å². The van der Waals surface area contributed by atoms with Crippen LogP contribution in [0.1, 0.15) is 54.4 Å². The molecule has 1 saturated heterocycles. The van der Waals surface area contributed by atoms with Crippen LogP contribution in [0.15, 0.2) is 0 Å². The molecule has 1 rings (SSSR count). The molecule has 0 aliphatic carbocycles. The Bertz CT molecular complexity index is 274. The highest BCUT2D eigenvalue weighted by molar-refractivity contribution is 4.90. The van der Waals surface area contributed by atoms with Gasteiger partial charge < -0.3 is 10.4 Å². The van der Waals surface area contributed by atoms with Crippen LogP contribution in [-0.2, 0) is 0 Å². The molecule has 1 aliphatic rings. The van der Waals surface area contributed by atoms with E-state index in [9.17, 15) is 5.11 Å². The van der Waals surface area contributed by atoms with Crippen LogP contribution in [-0.4, -0.2) is 47.8 Å². The summed E-state index contributed by atoms with van der Waals surface area (Å²) in [5.41, 5.74) is 0.454. The first-order chi connectivity index (χ1) is 8.71. The van der Waals surface area contributed by atoms with Gasteiger partial charge in [-0.2, -0.15) is 0 Å². The number of nitrogens with one attached hydrogen (secondary N) is 1. The zero-order valence-corrected chi connectivity index (χ0v) is 13.8. The second kappa shape index (κ2) is 6.55. The van der Waals surface area contributed by atoms with Crippen LogP contribution in [0.3, 0.4) is 0 Å². The predicted octanol–water partition coefficient (Wildman–Crippen LogP) is 2.49. The number of aliphatic hydroxyl groups excluding tert-OH is 1. The standard InChI is InChI=1S/C16H34N2O/c1-7-16(6,11-17-15(3,4)5)12-18-9-8-13(2)14(18)10-19/h13-14,17,19H,7-12H2,1-6H3. The highest BCUT2D eigenvalue weighted by Gasteiger charge is 2.35. The normalized spacial score (nSPS) is 28.6. The maximum absolute atomic E-state index is 9.58. The van der Waals surface area contributed by atoms with Gasteiger partial charge in [0.1, 0.15) is 0 Å². The maximum atomic E-state index is 9.58. The molecule has 2 N–H and O–H groups in total. The molecule has 0 aromatic rings. The van der Waals surface area contributed by atoms with Crippen molar-refractivity contribution in [1.82, 2.24) is 10.2 Å². The van der Waals surface area contributed by atoms with Crippen molar-refractivity contribution < 1.29 is 5.11 Å². The number of hydrogen-bond acceptors (Lipinski definition) is 3. The summed E-state index contributed by atoms with van der Waals surface area (Å²) in [7, 11) is 0. The van der Waals surface area contributed by atoms with E-state index in [4.69, 9.17) is 0 Å². The van der Waals surface area contributed by atoms with Crippen LogP contribution in [0.5, 0.6) is 0 Å². The first kappa shape index (κ1) is 16.9. The minimum atomic E-state index is 0.172. The van der Waals surface area contributed by atoms with Gasteiger partial charge in [-0.3, -0.25) is 4.90 Å². The van der Waals surface area contributed by atoms with E-state index in [-0.39, 0.29) is 11.0 Å². The summed E-state index contributed by atoms with van der Waals surface area (Å²) in [6, 6.07) is 0.362. The molecule has 3 heteroatoms. The molecule has 114 valence electrons. The van der Waals surface area contributed by atoms with Crippen molar-refractivity contribution in [3.05, 3.63) is 0 Å². The Morgan fingerprint density at radius 1 is 1.26 bits per heavy atom. The van der Waals surface area contributed by atoms with Gasteiger partial charge in [-0.05, 0) is 51.5 Å². The second-order valence-corrected chi connectivity index (χ2v) is 7.75. The predicted molar refractivity (Wildman–Crippen MR) is 82.4 cm³/mol. The second-order valence-electron chi connectivity index (χ2n) is 7.75. The molecule has 1 heterocycles. The molecule has 1 fully saturated rings. The summed E-state index contributed by atoms with van der Waals surface area (Å²) < 4.78 is 0. The Kier molecular flexibility index (Phi) is 5.84. The highest BCUT2D eigenvalue weighted by Crippen LogP contribution is 2.30. The van der Waals surface area contributed by atoms with Crippen LogP contribution in [0.4, 0.5) is 0 Å². The van der Waals surface area contributed by atoms with Crippen molar-refractivity contribution in [2.45, 2.75) is 66.0 Å². The molecule has 0 saturated carbocycles. The lowest BCUT2D eigenvalue weighted by Gasteiger charge is -2.38. The maximum Gasteiger partial charge on any atom is 0.0589 e. The van der Waals surface area contributed by atoms with Crippen LogP contribution in [0.2, 0.25) is 0 Å². The van der Waals surface area contributed by atoms with E-state index in [1.165, 1.54) is 12.8 Å². The molecule has 3 unspecified atom stereocenters. The summed E-state index contributed by atoms with van der Waals surface area (Å²) in [6.45, 7) is 17.1. The van der Waals surface area contributed by atoms with Crippen molar-refractivity contribution in [3.63, 3.8) is 0 Å². The van der Waals surface area contributed by atoms with Crippen molar-refractivity contribution >= 4 is 0 Å². The molecule has 1 aliphatic heterocycles. The number of nitrogens with zero attached hydrogens (tertiary/aromatic N) is 1. The highest BCUT2D eigenvalue weighted by atomic mass is 16.3. The quantitative estimate of drug-likeness (QED) is 0.778. The van der Waals surface area contributed by atoms with Gasteiger partial charge in [-0.15, -0.1) is 0 Å². The molecule has 0 aromatic heterocycles. The smallest absolute Gasteiger partial charge is 0.0589 e. The Morgan fingerprint density at radius 3 is 2.37 bits per heavy atom. The molecule has 0 bridgehead atoms. The first-order valence-corrected chi connectivity index (χ1v) is 7.81. The van der Waals surface area contributed by atoms with Crippen LogP contribution in [0.25, 0.3) is 0 Å². The largest absolute Gasteiger partial charge is 0.395 e. The number of rotatable bonds is 6. The Hall–Kier alpha value is -0.120. The van der Waals surface area contributed by atoms with E-state index in [1.54, 1.807) is 0 Å². The zero-order chi connectivity index (χ0) is 14.7. The molecule has 0 radical (unpaired) electrons. The summed E-state index contributed by atoms with van der Waals surface area (Å²) in [6.07, 6.45) is 2.39. The molecule has 19 heavy (non-hydrogen) atoms. The summed E-state index contributed by atoms with van der Waals surface area (Å²) in [4.78, 5) is 2.50. The van der Waals surface area contributed by atoms with Gasteiger partial charge >= 0.3 is 0 Å². The molecule has 0 aromatic carbocycles. The van der Waals surface area contributed by atoms with E-state index < -0.39 is 0 Å². The zero-order valence-electron chi connectivity index (χ0n) is 13.8. The Balaban J connectivity index is 2.60. The topological polar surface area (TPSA) is 35.5 Å². The minimum Gasteiger partial charge on any atom is -0.395 e. The van der Waals surface area contributed by atoms with Crippen LogP contribution < -0.4 is 5.32 Å². The number of likely N-dealkylation sites (tertiary alicyclic amines) is 1. The fraction of sp³-hybridized carbons (Fsp3) is 1.00.